The van der Waals surface area contributed by atoms with Gasteiger partial charge in [-0.05, 0) is 43.6 Å². The van der Waals surface area contributed by atoms with Crippen LogP contribution in [-0.2, 0) is 13.0 Å². The lowest BCUT2D eigenvalue weighted by Gasteiger charge is -2.32. The SMILES string of the molecule is CSCC[C@H](C)N1CCc2[nH]nc(-c3ccc4c(c3)OCO4)c2C1. The Bertz CT molecular complexity index is 731. The van der Waals surface area contributed by atoms with Crippen molar-refractivity contribution in [2.24, 2.45) is 0 Å². The summed E-state index contributed by atoms with van der Waals surface area (Å²) < 4.78 is 10.9. The van der Waals surface area contributed by atoms with Crippen molar-refractivity contribution in [3.63, 3.8) is 0 Å². The van der Waals surface area contributed by atoms with Gasteiger partial charge in [-0.3, -0.25) is 10.00 Å². The molecule has 5 nitrogen and oxygen atoms in total. The molecule has 0 aliphatic carbocycles. The second kappa shape index (κ2) is 6.69. The van der Waals surface area contributed by atoms with Gasteiger partial charge in [0, 0.05) is 42.4 Å². The van der Waals surface area contributed by atoms with Crippen LogP contribution in [0.15, 0.2) is 18.2 Å². The van der Waals surface area contributed by atoms with E-state index in [9.17, 15) is 0 Å². The number of H-pyrrole nitrogens is 1. The summed E-state index contributed by atoms with van der Waals surface area (Å²) >= 11 is 1.92. The van der Waals surface area contributed by atoms with Crippen LogP contribution < -0.4 is 9.47 Å². The molecule has 2 aliphatic rings. The van der Waals surface area contributed by atoms with E-state index >= 15 is 0 Å². The van der Waals surface area contributed by atoms with Gasteiger partial charge >= 0.3 is 0 Å². The number of rotatable bonds is 5. The first kappa shape index (κ1) is 15.8. The van der Waals surface area contributed by atoms with Gasteiger partial charge in [-0.25, -0.2) is 0 Å². The summed E-state index contributed by atoms with van der Waals surface area (Å²) in [5.74, 6) is 2.84. The Morgan fingerprint density at radius 2 is 2.21 bits per heavy atom. The van der Waals surface area contributed by atoms with E-state index in [0.717, 1.165) is 42.3 Å². The number of benzene rings is 1. The van der Waals surface area contributed by atoms with Gasteiger partial charge in [0.05, 0.1) is 5.69 Å². The third-order valence-electron chi connectivity index (χ3n) is 4.97. The zero-order valence-corrected chi connectivity index (χ0v) is 15.0. The number of aromatic amines is 1. The summed E-state index contributed by atoms with van der Waals surface area (Å²) in [4.78, 5) is 2.57. The Morgan fingerprint density at radius 1 is 1.33 bits per heavy atom. The minimum absolute atomic E-state index is 0.304. The Labute approximate surface area is 146 Å². The van der Waals surface area contributed by atoms with E-state index in [1.165, 1.54) is 23.4 Å². The maximum Gasteiger partial charge on any atom is 0.231 e. The number of hydrogen-bond acceptors (Lipinski definition) is 5. The van der Waals surface area contributed by atoms with Crippen LogP contribution in [0.1, 0.15) is 24.6 Å². The molecule has 1 aromatic carbocycles. The van der Waals surface area contributed by atoms with Crippen molar-refractivity contribution < 1.29 is 9.47 Å². The molecule has 0 radical (unpaired) electrons. The maximum absolute atomic E-state index is 5.51. The molecule has 0 spiro atoms. The lowest BCUT2D eigenvalue weighted by Crippen LogP contribution is -2.37. The Kier molecular flexibility index (Phi) is 4.41. The normalized spacial score (nSPS) is 17.8. The minimum atomic E-state index is 0.304. The van der Waals surface area contributed by atoms with Gasteiger partial charge in [0.15, 0.2) is 11.5 Å². The molecule has 1 aromatic heterocycles. The van der Waals surface area contributed by atoms with Crippen LogP contribution in [0.2, 0.25) is 0 Å². The van der Waals surface area contributed by atoms with Crippen LogP contribution in [0.5, 0.6) is 11.5 Å². The zero-order valence-electron chi connectivity index (χ0n) is 14.2. The van der Waals surface area contributed by atoms with Gasteiger partial charge in [0.25, 0.3) is 0 Å². The molecule has 0 unspecified atom stereocenters. The number of fused-ring (bicyclic) bond motifs is 2. The summed E-state index contributed by atoms with van der Waals surface area (Å²) in [6, 6.07) is 6.68. The second-order valence-electron chi connectivity index (χ2n) is 6.45. The fourth-order valence-corrected chi connectivity index (χ4v) is 4.02. The maximum atomic E-state index is 5.51. The summed E-state index contributed by atoms with van der Waals surface area (Å²) in [5, 5.41) is 7.84. The van der Waals surface area contributed by atoms with Gasteiger partial charge in [0.1, 0.15) is 0 Å². The van der Waals surface area contributed by atoms with Gasteiger partial charge < -0.3 is 9.47 Å². The fraction of sp³-hybridized carbons (Fsp3) is 0.500. The third kappa shape index (κ3) is 2.89. The van der Waals surface area contributed by atoms with Crippen molar-refractivity contribution in [2.45, 2.75) is 32.4 Å². The summed E-state index contributed by atoms with van der Waals surface area (Å²) in [6.45, 7) is 4.70. The quantitative estimate of drug-likeness (QED) is 0.901. The van der Waals surface area contributed by atoms with E-state index in [2.05, 4.69) is 34.3 Å². The average molecular weight is 345 g/mol. The Morgan fingerprint density at radius 3 is 3.08 bits per heavy atom. The zero-order chi connectivity index (χ0) is 16.5. The third-order valence-corrected chi connectivity index (χ3v) is 5.62. The molecule has 4 rings (SSSR count). The molecule has 0 fully saturated rings. The van der Waals surface area contributed by atoms with E-state index in [-0.39, 0.29) is 0 Å². The first-order valence-corrected chi connectivity index (χ1v) is 9.84. The van der Waals surface area contributed by atoms with Crippen molar-refractivity contribution in [2.75, 3.05) is 25.3 Å². The van der Waals surface area contributed by atoms with Gasteiger partial charge in [-0.1, -0.05) is 0 Å². The highest BCUT2D eigenvalue weighted by Gasteiger charge is 2.26. The first-order valence-electron chi connectivity index (χ1n) is 8.45. The molecule has 0 saturated heterocycles. The van der Waals surface area contributed by atoms with E-state index in [0.29, 0.717) is 12.8 Å². The number of ether oxygens (including phenoxy) is 2. The van der Waals surface area contributed by atoms with Gasteiger partial charge in [0.2, 0.25) is 6.79 Å². The molecule has 0 bridgehead atoms. The van der Waals surface area contributed by atoms with E-state index in [4.69, 9.17) is 9.47 Å². The van der Waals surface area contributed by atoms with Crippen LogP contribution in [0.25, 0.3) is 11.3 Å². The minimum Gasteiger partial charge on any atom is -0.454 e. The Balaban J connectivity index is 1.58. The van der Waals surface area contributed by atoms with Crippen molar-refractivity contribution in [3.8, 4) is 22.8 Å². The van der Waals surface area contributed by atoms with Crippen LogP contribution in [-0.4, -0.2) is 46.5 Å². The van der Waals surface area contributed by atoms with Crippen molar-refractivity contribution in [1.29, 1.82) is 0 Å². The monoisotopic (exact) mass is 345 g/mol. The molecule has 0 saturated carbocycles. The highest BCUT2D eigenvalue weighted by Crippen LogP contribution is 2.37. The molecule has 6 heteroatoms. The fourth-order valence-electron chi connectivity index (χ4n) is 3.45. The van der Waals surface area contributed by atoms with Crippen LogP contribution >= 0.6 is 11.8 Å². The summed E-state index contributed by atoms with van der Waals surface area (Å²) in [5.41, 5.74) is 4.74. The molecule has 1 N–H and O–H groups in total. The molecule has 2 aromatic rings. The van der Waals surface area contributed by atoms with Crippen LogP contribution in [0.3, 0.4) is 0 Å². The topological polar surface area (TPSA) is 50.4 Å². The summed E-state index contributed by atoms with van der Waals surface area (Å²) in [6.07, 6.45) is 4.44. The van der Waals surface area contributed by atoms with Crippen molar-refractivity contribution in [3.05, 3.63) is 29.5 Å². The van der Waals surface area contributed by atoms with Crippen molar-refractivity contribution >= 4 is 11.8 Å². The number of thioether (sulfide) groups is 1. The molecule has 24 heavy (non-hydrogen) atoms. The molecule has 0 amide bonds. The molecular weight excluding hydrogens is 322 g/mol. The predicted molar refractivity (Wildman–Crippen MR) is 96.7 cm³/mol. The largest absolute Gasteiger partial charge is 0.454 e. The number of aromatic nitrogens is 2. The van der Waals surface area contributed by atoms with Crippen molar-refractivity contribution in [1.82, 2.24) is 15.1 Å². The van der Waals surface area contributed by atoms with E-state index in [1.54, 1.807) is 0 Å². The molecular formula is C18H23N3O2S. The lowest BCUT2D eigenvalue weighted by atomic mass is 9.99. The standard InChI is InChI=1S/C18H23N3O2S/c1-12(6-8-24-2)21-7-5-15-14(10-21)18(20-19-15)13-3-4-16-17(9-13)23-11-22-16/h3-4,9,12H,5-8,10-11H2,1-2H3,(H,19,20)/t12-/m0/s1. The van der Waals surface area contributed by atoms with E-state index < -0.39 is 0 Å². The van der Waals surface area contributed by atoms with Crippen LogP contribution in [0, 0.1) is 0 Å². The molecule has 128 valence electrons. The smallest absolute Gasteiger partial charge is 0.231 e. The van der Waals surface area contributed by atoms with Crippen LogP contribution in [0.4, 0.5) is 0 Å². The van der Waals surface area contributed by atoms with E-state index in [1.807, 2.05) is 23.9 Å². The number of nitrogens with zero attached hydrogens (tertiary/aromatic N) is 2. The second-order valence-corrected chi connectivity index (χ2v) is 7.43. The molecule has 3 heterocycles. The highest BCUT2D eigenvalue weighted by molar-refractivity contribution is 7.98. The molecule has 1 atom stereocenters. The Hall–Kier alpha value is -1.66. The number of hydrogen-bond donors (Lipinski definition) is 1. The molecule has 2 aliphatic heterocycles. The lowest BCUT2D eigenvalue weighted by molar-refractivity contribution is 0.174. The van der Waals surface area contributed by atoms with Gasteiger partial charge in [-0.2, -0.15) is 16.9 Å². The average Bonchev–Trinajstić information content (AvgIpc) is 3.24. The highest BCUT2D eigenvalue weighted by atomic mass is 32.2. The predicted octanol–water partition coefficient (Wildman–Crippen LogP) is 3.31. The number of nitrogens with one attached hydrogen (secondary N) is 1. The first-order chi connectivity index (χ1) is 11.8. The van der Waals surface area contributed by atoms with Gasteiger partial charge in [-0.15, -0.1) is 0 Å². The summed E-state index contributed by atoms with van der Waals surface area (Å²) in [7, 11) is 0.